The second-order valence-electron chi connectivity index (χ2n) is 7.54. The minimum absolute atomic E-state index is 0.387. The topological polar surface area (TPSA) is 91.5 Å². The molecule has 0 atom stereocenters. The van der Waals surface area contributed by atoms with Gasteiger partial charge >= 0.3 is 0 Å². The first-order valence-electron chi connectivity index (χ1n) is 10.7. The maximum atomic E-state index is 10.8. The summed E-state index contributed by atoms with van der Waals surface area (Å²) >= 11 is 0. The van der Waals surface area contributed by atoms with Gasteiger partial charge in [-0.2, -0.15) is 0 Å². The first-order chi connectivity index (χ1) is 17.2. The highest BCUT2D eigenvalue weighted by Gasteiger charge is 2.11. The van der Waals surface area contributed by atoms with Crippen LogP contribution in [-0.4, -0.2) is 22.8 Å². The smallest absolute Gasteiger partial charge is 0.248 e. The van der Waals surface area contributed by atoms with Crippen LogP contribution in [0.5, 0.6) is 23.0 Å². The van der Waals surface area contributed by atoms with Gasteiger partial charge in [0.15, 0.2) is 0 Å². The third-order valence-corrected chi connectivity index (χ3v) is 5.13. The van der Waals surface area contributed by atoms with Gasteiger partial charge in [0.05, 0.1) is 0 Å². The zero-order valence-corrected chi connectivity index (χ0v) is 18.3. The Morgan fingerprint density at radius 1 is 0.486 bits per heavy atom. The van der Waals surface area contributed by atoms with Gasteiger partial charge in [0.1, 0.15) is 35.6 Å². The van der Waals surface area contributed by atoms with Gasteiger partial charge in [0, 0.05) is 22.3 Å². The van der Waals surface area contributed by atoms with E-state index in [-0.39, 0.29) is 0 Å². The Morgan fingerprint density at radius 3 is 1.11 bits per heavy atom. The maximum absolute atomic E-state index is 10.8. The number of benzene rings is 4. The number of rotatable bonds is 8. The molecule has 7 nitrogen and oxygen atoms in total. The Bertz CT molecular complexity index is 1330. The maximum Gasteiger partial charge on any atom is 0.248 e. The van der Waals surface area contributed by atoms with E-state index in [1.807, 2.05) is 24.3 Å². The number of hydrogen-bond donors (Lipinski definition) is 0. The molecule has 170 valence electrons. The van der Waals surface area contributed by atoms with Crippen LogP contribution < -0.4 is 9.47 Å². The number of carbonyl (C=O) groups is 2. The summed E-state index contributed by atoms with van der Waals surface area (Å²) in [5.41, 5.74) is 2.69. The van der Waals surface area contributed by atoms with Gasteiger partial charge in [-0.1, -0.05) is 0 Å². The van der Waals surface area contributed by atoms with Crippen molar-refractivity contribution in [3.05, 3.63) is 108 Å². The van der Waals surface area contributed by atoms with Gasteiger partial charge in [-0.3, -0.25) is 9.59 Å². The van der Waals surface area contributed by atoms with E-state index < -0.39 is 0 Å². The molecule has 1 aromatic heterocycles. The van der Waals surface area contributed by atoms with Crippen LogP contribution in [0, 0.1) is 0 Å². The van der Waals surface area contributed by atoms with Gasteiger partial charge < -0.3 is 13.9 Å². The summed E-state index contributed by atoms with van der Waals surface area (Å²) in [6, 6.07) is 28.3. The minimum atomic E-state index is 0.387. The average molecular weight is 462 g/mol. The van der Waals surface area contributed by atoms with Crippen molar-refractivity contribution >= 4 is 12.6 Å². The molecule has 0 spiro atoms. The van der Waals surface area contributed by atoms with E-state index in [1.54, 1.807) is 72.8 Å². The van der Waals surface area contributed by atoms with Crippen molar-refractivity contribution in [3.8, 4) is 45.9 Å². The van der Waals surface area contributed by atoms with Gasteiger partial charge in [0.2, 0.25) is 11.8 Å². The van der Waals surface area contributed by atoms with Crippen LogP contribution in [-0.2, 0) is 0 Å². The van der Waals surface area contributed by atoms with Crippen molar-refractivity contribution in [1.82, 2.24) is 10.2 Å². The van der Waals surface area contributed by atoms with Crippen molar-refractivity contribution in [3.63, 3.8) is 0 Å². The first-order valence-corrected chi connectivity index (χ1v) is 10.7. The van der Waals surface area contributed by atoms with Crippen molar-refractivity contribution in [2.75, 3.05) is 0 Å². The predicted octanol–water partition coefficient (Wildman–Crippen LogP) is 6.61. The van der Waals surface area contributed by atoms with Crippen LogP contribution in [0.4, 0.5) is 0 Å². The SMILES string of the molecule is O=Cc1ccc(Oc2ccc(-c3nnc(-c4ccc(Oc5ccc(C=O)cc5)cc4)o3)cc2)cc1. The average Bonchev–Trinajstić information content (AvgIpc) is 3.41. The fourth-order valence-electron chi connectivity index (χ4n) is 3.29. The fraction of sp³-hybridized carbons (Fsp3) is 0. The predicted molar refractivity (Wildman–Crippen MR) is 129 cm³/mol. The molecule has 35 heavy (non-hydrogen) atoms. The van der Waals surface area contributed by atoms with E-state index in [9.17, 15) is 9.59 Å². The Labute approximate surface area is 200 Å². The molecule has 0 aliphatic heterocycles. The van der Waals surface area contributed by atoms with Crippen molar-refractivity contribution in [2.45, 2.75) is 0 Å². The summed E-state index contributed by atoms with van der Waals surface area (Å²) < 4.78 is 17.5. The molecule has 0 fully saturated rings. The quantitative estimate of drug-likeness (QED) is 0.240. The molecule has 4 aromatic carbocycles. The molecular weight excluding hydrogens is 444 g/mol. The molecule has 0 unspecified atom stereocenters. The number of carbonyl (C=O) groups excluding carboxylic acids is 2. The summed E-state index contributed by atoms with van der Waals surface area (Å²) in [4.78, 5) is 21.5. The van der Waals surface area contributed by atoms with Crippen LogP contribution in [0.15, 0.2) is 101 Å². The largest absolute Gasteiger partial charge is 0.457 e. The number of hydrogen-bond acceptors (Lipinski definition) is 7. The van der Waals surface area contributed by atoms with Crippen LogP contribution >= 0.6 is 0 Å². The monoisotopic (exact) mass is 462 g/mol. The number of ether oxygens (including phenoxy) is 2. The van der Waals surface area contributed by atoms with E-state index in [0.717, 1.165) is 23.7 Å². The minimum Gasteiger partial charge on any atom is -0.457 e. The summed E-state index contributed by atoms with van der Waals surface area (Å²) in [6.45, 7) is 0. The zero-order chi connectivity index (χ0) is 24.0. The molecule has 1 heterocycles. The summed E-state index contributed by atoms with van der Waals surface area (Å²) in [6.07, 6.45) is 1.58. The van der Waals surface area contributed by atoms with E-state index in [4.69, 9.17) is 13.9 Å². The Balaban J connectivity index is 1.25. The number of nitrogens with zero attached hydrogens (tertiary/aromatic N) is 2. The van der Waals surface area contributed by atoms with Crippen LogP contribution in [0.1, 0.15) is 20.7 Å². The molecule has 0 N–H and O–H groups in total. The molecular formula is C28H18N2O5. The first kappa shape index (κ1) is 21.8. The lowest BCUT2D eigenvalue weighted by molar-refractivity contribution is 0.111. The Kier molecular flexibility index (Phi) is 6.13. The van der Waals surface area contributed by atoms with Crippen LogP contribution in [0.3, 0.4) is 0 Å². The van der Waals surface area contributed by atoms with E-state index in [0.29, 0.717) is 45.9 Å². The molecule has 0 saturated heterocycles. The molecule has 0 aliphatic carbocycles. The summed E-state index contributed by atoms with van der Waals surface area (Å²) in [5.74, 6) is 3.32. The lowest BCUT2D eigenvalue weighted by Crippen LogP contribution is -1.86. The van der Waals surface area contributed by atoms with Crippen molar-refractivity contribution in [2.24, 2.45) is 0 Å². The molecule has 5 aromatic rings. The molecule has 7 heteroatoms. The molecule has 0 radical (unpaired) electrons. The van der Waals surface area contributed by atoms with Crippen molar-refractivity contribution < 1.29 is 23.5 Å². The van der Waals surface area contributed by atoms with E-state index >= 15 is 0 Å². The lowest BCUT2D eigenvalue weighted by Gasteiger charge is -2.06. The Hall–Kier alpha value is -5.04. The standard InChI is InChI=1S/C28H18N2O5/c31-17-19-1-9-23(10-2-19)33-25-13-5-21(6-14-25)27-29-30-28(35-27)22-7-15-26(16-8-22)34-24-11-3-20(18-32)4-12-24/h1-18H. The fourth-order valence-corrected chi connectivity index (χ4v) is 3.29. The third kappa shape index (κ3) is 5.15. The summed E-state index contributed by atoms with van der Waals surface area (Å²) in [5, 5.41) is 8.30. The highest BCUT2D eigenvalue weighted by atomic mass is 16.5. The van der Waals surface area contributed by atoms with Gasteiger partial charge in [-0.25, -0.2) is 0 Å². The van der Waals surface area contributed by atoms with Crippen LogP contribution in [0.25, 0.3) is 22.9 Å². The van der Waals surface area contributed by atoms with Gasteiger partial charge in [0.25, 0.3) is 0 Å². The summed E-state index contributed by atoms with van der Waals surface area (Å²) in [7, 11) is 0. The lowest BCUT2D eigenvalue weighted by atomic mass is 10.2. The molecule has 0 bridgehead atoms. The molecule has 0 amide bonds. The molecule has 5 rings (SSSR count). The highest BCUT2D eigenvalue weighted by Crippen LogP contribution is 2.29. The van der Waals surface area contributed by atoms with Gasteiger partial charge in [-0.15, -0.1) is 10.2 Å². The highest BCUT2D eigenvalue weighted by molar-refractivity contribution is 5.75. The second-order valence-corrected chi connectivity index (χ2v) is 7.54. The Morgan fingerprint density at radius 2 is 0.800 bits per heavy atom. The number of aldehydes is 2. The number of aromatic nitrogens is 2. The van der Waals surface area contributed by atoms with Crippen molar-refractivity contribution in [1.29, 1.82) is 0 Å². The molecule has 0 saturated carbocycles. The van der Waals surface area contributed by atoms with E-state index in [1.165, 1.54) is 0 Å². The third-order valence-electron chi connectivity index (χ3n) is 5.13. The second kappa shape index (κ2) is 9.84. The van der Waals surface area contributed by atoms with Crippen LogP contribution in [0.2, 0.25) is 0 Å². The molecule has 0 aliphatic rings. The van der Waals surface area contributed by atoms with E-state index in [2.05, 4.69) is 10.2 Å². The zero-order valence-electron chi connectivity index (χ0n) is 18.3. The normalized spacial score (nSPS) is 10.5. The van der Waals surface area contributed by atoms with Gasteiger partial charge in [-0.05, 0) is 97.1 Å².